The van der Waals surface area contributed by atoms with Gasteiger partial charge >= 0.3 is 6.18 Å². The van der Waals surface area contributed by atoms with E-state index in [1.807, 2.05) is 0 Å². The van der Waals surface area contributed by atoms with Crippen LogP contribution in [0.3, 0.4) is 0 Å². The molecule has 2 aromatic rings. The maximum absolute atomic E-state index is 14.1. The number of halogens is 3. The lowest BCUT2D eigenvalue weighted by molar-refractivity contribution is -0.191. The molecule has 0 radical (unpaired) electrons. The standard InChI is InChI=1S/C19H21F3N2O2/c1-4-26-14-10-9-12-7-5-6-8-13(12)15(14)16(19(20,21)22)24-11-18(2,3)17(25)23-24/h5-10,16H,4,11H2,1-3H3,(H,23,25). The van der Waals surface area contributed by atoms with Crippen molar-refractivity contribution in [2.45, 2.75) is 33.0 Å². The SMILES string of the molecule is CCOc1ccc2ccccc2c1C(N1CC(C)(C)C(=O)N1)C(F)(F)F. The third-order valence-electron chi connectivity index (χ3n) is 4.55. The Labute approximate surface area is 149 Å². The first kappa shape index (κ1) is 18.5. The van der Waals surface area contributed by atoms with Gasteiger partial charge in [-0.05, 0) is 37.6 Å². The number of hydrogen-bond donors (Lipinski definition) is 1. The fourth-order valence-corrected chi connectivity index (χ4v) is 3.31. The summed E-state index contributed by atoms with van der Waals surface area (Å²) in [5.74, 6) is -0.252. The van der Waals surface area contributed by atoms with Gasteiger partial charge in [-0.1, -0.05) is 30.3 Å². The number of carbonyl (C=O) groups is 1. The van der Waals surface area contributed by atoms with Gasteiger partial charge in [-0.2, -0.15) is 13.2 Å². The second-order valence-electron chi connectivity index (χ2n) is 7.03. The highest BCUT2D eigenvalue weighted by atomic mass is 19.4. The molecule has 3 rings (SSSR count). The van der Waals surface area contributed by atoms with Crippen molar-refractivity contribution in [1.82, 2.24) is 10.4 Å². The van der Waals surface area contributed by atoms with Crippen molar-refractivity contribution in [2.24, 2.45) is 5.41 Å². The van der Waals surface area contributed by atoms with Crippen molar-refractivity contribution in [1.29, 1.82) is 0 Å². The van der Waals surface area contributed by atoms with Crippen molar-refractivity contribution >= 4 is 16.7 Å². The molecule has 0 saturated carbocycles. The Balaban J connectivity index is 2.22. The molecule has 7 heteroatoms. The number of amides is 1. The first-order valence-electron chi connectivity index (χ1n) is 8.44. The van der Waals surface area contributed by atoms with E-state index in [0.29, 0.717) is 10.8 Å². The number of benzene rings is 2. The van der Waals surface area contributed by atoms with Crippen LogP contribution >= 0.6 is 0 Å². The number of fused-ring (bicyclic) bond motifs is 1. The summed E-state index contributed by atoms with van der Waals surface area (Å²) in [4.78, 5) is 12.1. The average Bonchev–Trinajstić information content (AvgIpc) is 2.81. The summed E-state index contributed by atoms with van der Waals surface area (Å²) in [7, 11) is 0. The van der Waals surface area contributed by atoms with E-state index in [4.69, 9.17) is 4.74 Å². The number of hydrazine groups is 1. The van der Waals surface area contributed by atoms with E-state index in [1.54, 1.807) is 57.2 Å². The van der Waals surface area contributed by atoms with E-state index in [0.717, 1.165) is 5.01 Å². The molecular formula is C19H21F3N2O2. The van der Waals surface area contributed by atoms with Gasteiger partial charge in [0.2, 0.25) is 5.91 Å². The summed E-state index contributed by atoms with van der Waals surface area (Å²) in [6.07, 6.45) is -4.59. The van der Waals surface area contributed by atoms with Gasteiger partial charge in [0, 0.05) is 12.1 Å². The molecule has 1 aliphatic rings. The molecule has 140 valence electrons. The van der Waals surface area contributed by atoms with Crippen LogP contribution in [0.4, 0.5) is 13.2 Å². The van der Waals surface area contributed by atoms with Crippen LogP contribution < -0.4 is 10.2 Å². The maximum atomic E-state index is 14.1. The molecule has 1 heterocycles. The molecule has 0 bridgehead atoms. The first-order valence-corrected chi connectivity index (χ1v) is 8.44. The van der Waals surface area contributed by atoms with Crippen LogP contribution in [-0.4, -0.2) is 30.2 Å². The van der Waals surface area contributed by atoms with E-state index in [-0.39, 0.29) is 24.5 Å². The minimum absolute atomic E-state index is 0.0236. The third-order valence-corrected chi connectivity index (χ3v) is 4.55. The molecule has 1 amide bonds. The van der Waals surface area contributed by atoms with Crippen LogP contribution in [0.25, 0.3) is 10.8 Å². The zero-order chi connectivity index (χ0) is 19.1. The summed E-state index contributed by atoms with van der Waals surface area (Å²) in [6, 6.07) is 8.17. The molecule has 1 aliphatic heterocycles. The quantitative estimate of drug-likeness (QED) is 0.881. The number of ether oxygens (including phenoxy) is 1. The van der Waals surface area contributed by atoms with Crippen LogP contribution in [0, 0.1) is 5.41 Å². The summed E-state index contributed by atoms with van der Waals surface area (Å²) < 4.78 is 47.9. The fraction of sp³-hybridized carbons (Fsp3) is 0.421. The Morgan fingerprint density at radius 2 is 1.92 bits per heavy atom. The highest BCUT2D eigenvalue weighted by Gasteiger charge is 2.52. The minimum atomic E-state index is -4.59. The second-order valence-corrected chi connectivity index (χ2v) is 7.03. The lowest BCUT2D eigenvalue weighted by Crippen LogP contribution is -2.43. The largest absolute Gasteiger partial charge is 0.494 e. The lowest BCUT2D eigenvalue weighted by atomic mass is 9.92. The molecule has 1 unspecified atom stereocenters. The summed E-state index contributed by atoms with van der Waals surface area (Å²) in [5, 5.41) is 2.12. The van der Waals surface area contributed by atoms with Crippen molar-refractivity contribution in [3.8, 4) is 5.75 Å². The van der Waals surface area contributed by atoms with Crippen molar-refractivity contribution in [2.75, 3.05) is 13.2 Å². The topological polar surface area (TPSA) is 41.6 Å². The summed E-state index contributed by atoms with van der Waals surface area (Å²) in [5.41, 5.74) is 1.52. The fourth-order valence-electron chi connectivity index (χ4n) is 3.31. The van der Waals surface area contributed by atoms with Gasteiger partial charge in [0.25, 0.3) is 0 Å². The zero-order valence-corrected chi connectivity index (χ0v) is 14.9. The monoisotopic (exact) mass is 366 g/mol. The molecule has 2 aromatic carbocycles. The lowest BCUT2D eigenvalue weighted by Gasteiger charge is -2.31. The molecule has 26 heavy (non-hydrogen) atoms. The van der Waals surface area contributed by atoms with E-state index in [9.17, 15) is 18.0 Å². The van der Waals surface area contributed by atoms with Crippen LogP contribution in [0.15, 0.2) is 36.4 Å². The molecule has 0 aliphatic carbocycles. The van der Waals surface area contributed by atoms with Gasteiger partial charge < -0.3 is 4.74 Å². The Kier molecular flexibility index (Phi) is 4.60. The minimum Gasteiger partial charge on any atom is -0.494 e. The van der Waals surface area contributed by atoms with Gasteiger partial charge in [-0.15, -0.1) is 0 Å². The molecule has 0 spiro atoms. The smallest absolute Gasteiger partial charge is 0.410 e. The highest BCUT2D eigenvalue weighted by Crippen LogP contribution is 2.46. The number of hydrogen-bond acceptors (Lipinski definition) is 3. The summed E-state index contributed by atoms with van der Waals surface area (Å²) >= 11 is 0. The van der Waals surface area contributed by atoms with Gasteiger partial charge in [0.15, 0.2) is 6.04 Å². The number of alkyl halides is 3. The molecule has 1 fully saturated rings. The van der Waals surface area contributed by atoms with Crippen LogP contribution in [0.5, 0.6) is 5.75 Å². The number of rotatable bonds is 4. The van der Waals surface area contributed by atoms with Crippen molar-refractivity contribution in [3.63, 3.8) is 0 Å². The second kappa shape index (κ2) is 6.46. The van der Waals surface area contributed by atoms with E-state index in [2.05, 4.69) is 5.43 Å². The van der Waals surface area contributed by atoms with Gasteiger partial charge in [0.1, 0.15) is 5.75 Å². The van der Waals surface area contributed by atoms with Gasteiger partial charge in [-0.25, -0.2) is 5.01 Å². The van der Waals surface area contributed by atoms with Gasteiger partial charge in [-0.3, -0.25) is 10.2 Å². The predicted octanol–water partition coefficient (Wildman–Crippen LogP) is 4.21. The van der Waals surface area contributed by atoms with E-state index in [1.165, 1.54) is 0 Å². The Bertz CT molecular complexity index is 833. The molecule has 4 nitrogen and oxygen atoms in total. The van der Waals surface area contributed by atoms with Crippen molar-refractivity contribution in [3.05, 3.63) is 42.0 Å². The van der Waals surface area contributed by atoms with Gasteiger partial charge in [0.05, 0.1) is 12.0 Å². The number of nitrogens with one attached hydrogen (secondary N) is 1. The molecule has 1 N–H and O–H groups in total. The molecular weight excluding hydrogens is 345 g/mol. The maximum Gasteiger partial charge on any atom is 0.410 e. The zero-order valence-electron chi connectivity index (χ0n) is 14.9. The Morgan fingerprint density at radius 1 is 1.23 bits per heavy atom. The van der Waals surface area contributed by atoms with E-state index >= 15 is 0 Å². The van der Waals surface area contributed by atoms with Crippen LogP contribution in [-0.2, 0) is 4.79 Å². The van der Waals surface area contributed by atoms with Crippen molar-refractivity contribution < 1.29 is 22.7 Å². The van der Waals surface area contributed by atoms with Crippen LogP contribution in [0.2, 0.25) is 0 Å². The third kappa shape index (κ3) is 3.23. The highest BCUT2D eigenvalue weighted by molar-refractivity contribution is 5.89. The number of carbonyl (C=O) groups excluding carboxylic acids is 1. The Hall–Kier alpha value is -2.28. The predicted molar refractivity (Wildman–Crippen MR) is 92.5 cm³/mol. The normalized spacial score (nSPS) is 18.8. The molecule has 0 aromatic heterocycles. The molecule has 1 atom stereocenters. The Morgan fingerprint density at radius 3 is 2.50 bits per heavy atom. The molecule has 1 saturated heterocycles. The van der Waals surface area contributed by atoms with E-state index < -0.39 is 23.5 Å². The van der Waals surface area contributed by atoms with Crippen LogP contribution in [0.1, 0.15) is 32.4 Å². The average molecular weight is 366 g/mol. The number of nitrogens with zero attached hydrogens (tertiary/aromatic N) is 1. The first-order chi connectivity index (χ1) is 12.1. The summed E-state index contributed by atoms with van der Waals surface area (Å²) in [6.45, 7) is 5.17.